The van der Waals surface area contributed by atoms with Crippen LogP contribution >= 0.6 is 0 Å². The summed E-state index contributed by atoms with van der Waals surface area (Å²) in [7, 11) is 2.41. The van der Waals surface area contributed by atoms with Crippen molar-refractivity contribution in [2.45, 2.75) is 25.7 Å². The molecule has 1 aliphatic carbocycles. The van der Waals surface area contributed by atoms with E-state index in [-0.39, 0.29) is 25.7 Å². The number of ether oxygens (including phenoxy) is 2. The molecule has 6 nitrogen and oxygen atoms in total. The van der Waals surface area contributed by atoms with Crippen molar-refractivity contribution in [3.8, 4) is 0 Å². The molecule has 0 aromatic carbocycles. The first kappa shape index (κ1) is 14.3. The molecule has 18 heavy (non-hydrogen) atoms. The maximum Gasteiger partial charge on any atom is 0.319 e. The van der Waals surface area contributed by atoms with E-state index in [1.807, 2.05) is 0 Å². The van der Waals surface area contributed by atoms with Crippen molar-refractivity contribution in [1.29, 1.82) is 0 Å². The smallest absolute Gasteiger partial charge is 0.319 e. The Morgan fingerprint density at radius 3 is 1.28 bits per heavy atom. The molecule has 0 N–H and O–H groups in total. The molecule has 0 saturated heterocycles. The zero-order chi connectivity index (χ0) is 13.8. The number of hydrogen-bond donors (Lipinski definition) is 0. The van der Waals surface area contributed by atoms with Gasteiger partial charge in [-0.15, -0.1) is 0 Å². The highest BCUT2D eigenvalue weighted by Gasteiger charge is 2.51. The van der Waals surface area contributed by atoms with Gasteiger partial charge in [0, 0.05) is 0 Å². The van der Waals surface area contributed by atoms with Crippen LogP contribution in [0.4, 0.5) is 0 Å². The molecule has 0 aromatic rings. The molecule has 0 amide bonds. The number of carbonyl (C=O) groups excluding carboxylic acids is 4. The molecule has 0 bridgehead atoms. The van der Waals surface area contributed by atoms with Gasteiger partial charge in [-0.25, -0.2) is 0 Å². The van der Waals surface area contributed by atoms with Crippen LogP contribution in [0, 0.1) is 10.8 Å². The Morgan fingerprint density at radius 2 is 1.11 bits per heavy atom. The van der Waals surface area contributed by atoms with Gasteiger partial charge in [0.15, 0.2) is 0 Å². The quantitative estimate of drug-likeness (QED) is 0.408. The fraction of sp³-hybridized carbons (Fsp3) is 0.667. The van der Waals surface area contributed by atoms with E-state index in [0.29, 0.717) is 12.6 Å². The van der Waals surface area contributed by atoms with Gasteiger partial charge in [0.1, 0.15) is 23.4 Å². The minimum atomic E-state index is -1.24. The third-order valence-electron chi connectivity index (χ3n) is 3.67. The lowest BCUT2D eigenvalue weighted by molar-refractivity contribution is -0.166. The predicted molar refractivity (Wildman–Crippen MR) is 59.5 cm³/mol. The minimum Gasteiger partial charge on any atom is -0.468 e. The van der Waals surface area contributed by atoms with Gasteiger partial charge in [-0.3, -0.25) is 9.59 Å². The largest absolute Gasteiger partial charge is 0.468 e. The molecule has 0 atom stereocenters. The van der Waals surface area contributed by atoms with Gasteiger partial charge in [-0.2, -0.15) is 0 Å². The van der Waals surface area contributed by atoms with Crippen LogP contribution in [0.3, 0.4) is 0 Å². The monoisotopic (exact) mass is 256 g/mol. The first-order valence-corrected chi connectivity index (χ1v) is 5.60. The van der Waals surface area contributed by atoms with E-state index in [2.05, 4.69) is 9.47 Å². The highest BCUT2D eigenvalue weighted by Crippen LogP contribution is 2.44. The highest BCUT2D eigenvalue weighted by molar-refractivity contribution is 5.96. The maximum atomic E-state index is 11.6. The third kappa shape index (κ3) is 2.14. The van der Waals surface area contributed by atoms with Gasteiger partial charge in [-0.1, -0.05) is 0 Å². The van der Waals surface area contributed by atoms with Crippen molar-refractivity contribution in [2.24, 2.45) is 10.8 Å². The van der Waals surface area contributed by atoms with Gasteiger partial charge in [0.2, 0.25) is 0 Å². The van der Waals surface area contributed by atoms with Crippen molar-refractivity contribution in [2.75, 3.05) is 14.2 Å². The maximum absolute atomic E-state index is 11.6. The molecular formula is C12H16O6. The lowest BCUT2D eigenvalue weighted by Gasteiger charge is -2.37. The van der Waals surface area contributed by atoms with E-state index in [0.717, 1.165) is 0 Å². The molecule has 6 heteroatoms. The van der Waals surface area contributed by atoms with Gasteiger partial charge in [0.05, 0.1) is 14.2 Å². The molecular weight excluding hydrogens is 240 g/mol. The first-order chi connectivity index (χ1) is 8.50. The van der Waals surface area contributed by atoms with Gasteiger partial charge >= 0.3 is 11.9 Å². The van der Waals surface area contributed by atoms with Crippen LogP contribution in [0.15, 0.2) is 0 Å². The summed E-state index contributed by atoms with van der Waals surface area (Å²) in [5, 5.41) is 0. The van der Waals surface area contributed by atoms with E-state index in [9.17, 15) is 19.2 Å². The molecule has 0 heterocycles. The second-order valence-electron chi connectivity index (χ2n) is 4.53. The van der Waals surface area contributed by atoms with E-state index < -0.39 is 22.8 Å². The van der Waals surface area contributed by atoms with E-state index >= 15 is 0 Å². The Morgan fingerprint density at radius 1 is 0.833 bits per heavy atom. The van der Waals surface area contributed by atoms with Crippen molar-refractivity contribution < 1.29 is 28.7 Å². The Hall–Kier alpha value is -1.72. The molecule has 0 aromatic heterocycles. The van der Waals surface area contributed by atoms with E-state index in [1.54, 1.807) is 0 Å². The minimum absolute atomic E-state index is 0.108. The number of rotatable bonds is 4. The summed E-state index contributed by atoms with van der Waals surface area (Å²) in [5.74, 6) is -1.25. The van der Waals surface area contributed by atoms with Crippen LogP contribution in [0.5, 0.6) is 0 Å². The summed E-state index contributed by atoms with van der Waals surface area (Å²) in [6.07, 6.45) is 1.53. The molecule has 1 fully saturated rings. The molecule has 0 aliphatic heterocycles. The second kappa shape index (κ2) is 5.29. The summed E-state index contributed by atoms with van der Waals surface area (Å²) in [4.78, 5) is 45.4. The third-order valence-corrected chi connectivity index (χ3v) is 3.67. The van der Waals surface area contributed by atoms with Gasteiger partial charge in [-0.05, 0) is 25.7 Å². The van der Waals surface area contributed by atoms with Gasteiger partial charge in [0.25, 0.3) is 0 Å². The normalized spacial score (nSPS) is 31.2. The number of hydrogen-bond acceptors (Lipinski definition) is 6. The lowest BCUT2D eigenvalue weighted by Crippen LogP contribution is -2.45. The predicted octanol–water partition coefficient (Wildman–Crippen LogP) is 0.277. The summed E-state index contributed by atoms with van der Waals surface area (Å²) in [5.41, 5.74) is -2.48. The fourth-order valence-electron chi connectivity index (χ4n) is 2.29. The number of aldehydes is 2. The van der Waals surface area contributed by atoms with E-state index in [4.69, 9.17) is 0 Å². The average Bonchev–Trinajstić information content (AvgIpc) is 2.45. The number of esters is 2. The van der Waals surface area contributed by atoms with Crippen LogP contribution in [0.25, 0.3) is 0 Å². The van der Waals surface area contributed by atoms with Crippen molar-refractivity contribution in [3.05, 3.63) is 0 Å². The Kier molecular flexibility index (Phi) is 4.21. The average molecular weight is 256 g/mol. The standard InChI is InChI=1S/C12H16O6/c1-17-9(15)11(7-13)3-5-12(8-14,6-4-11)10(16)18-2/h7-8H,3-6H2,1-2H3. The van der Waals surface area contributed by atoms with Crippen LogP contribution in [-0.2, 0) is 28.7 Å². The molecule has 1 aliphatic rings. The first-order valence-electron chi connectivity index (χ1n) is 5.60. The lowest BCUT2D eigenvalue weighted by atomic mass is 9.64. The summed E-state index contributed by atoms with van der Waals surface area (Å²) < 4.78 is 9.20. The van der Waals surface area contributed by atoms with Crippen molar-refractivity contribution >= 4 is 24.5 Å². The number of carbonyl (C=O) groups is 4. The molecule has 0 radical (unpaired) electrons. The van der Waals surface area contributed by atoms with Crippen molar-refractivity contribution in [1.82, 2.24) is 0 Å². The Labute approximate surface area is 105 Å². The van der Waals surface area contributed by atoms with Crippen molar-refractivity contribution in [3.63, 3.8) is 0 Å². The Bertz CT molecular complexity index is 329. The van der Waals surface area contributed by atoms with Crippen LogP contribution < -0.4 is 0 Å². The SMILES string of the molecule is COC(=O)C1(C=O)CCC(C=O)(C(=O)OC)CC1. The molecule has 0 spiro atoms. The summed E-state index contributed by atoms with van der Waals surface area (Å²) in [6.45, 7) is 0. The summed E-state index contributed by atoms with van der Waals surface area (Å²) >= 11 is 0. The summed E-state index contributed by atoms with van der Waals surface area (Å²) in [6, 6.07) is 0. The second-order valence-corrected chi connectivity index (χ2v) is 4.53. The fourth-order valence-corrected chi connectivity index (χ4v) is 2.29. The van der Waals surface area contributed by atoms with Gasteiger partial charge < -0.3 is 19.1 Å². The molecule has 1 saturated carbocycles. The van der Waals surface area contributed by atoms with E-state index in [1.165, 1.54) is 14.2 Å². The molecule has 0 unspecified atom stereocenters. The zero-order valence-corrected chi connectivity index (χ0v) is 10.4. The highest BCUT2D eigenvalue weighted by atomic mass is 16.5. The van der Waals surface area contributed by atoms with Crippen LogP contribution in [-0.4, -0.2) is 38.7 Å². The zero-order valence-electron chi connectivity index (χ0n) is 10.4. The number of methoxy groups -OCH3 is 2. The molecule has 1 rings (SSSR count). The van der Waals surface area contributed by atoms with Crippen LogP contribution in [0.2, 0.25) is 0 Å². The Balaban J connectivity index is 2.92. The topological polar surface area (TPSA) is 86.7 Å². The molecule has 100 valence electrons. The van der Waals surface area contributed by atoms with Crippen LogP contribution in [0.1, 0.15) is 25.7 Å².